The smallest absolute Gasteiger partial charge is 0.407 e. The zero-order chi connectivity index (χ0) is 16.4. The molecule has 1 saturated heterocycles. The molecular weight excluding hydrogens is 294 g/mol. The molecule has 1 aliphatic rings. The van der Waals surface area contributed by atoms with E-state index in [4.69, 9.17) is 5.11 Å². The van der Waals surface area contributed by atoms with Crippen molar-refractivity contribution in [2.75, 3.05) is 13.1 Å². The number of rotatable bonds is 3. The third-order valence-electron chi connectivity index (χ3n) is 4.26. The number of likely N-dealkylation sites (tertiary alicyclic amines) is 1. The molecule has 2 atom stereocenters. The van der Waals surface area contributed by atoms with E-state index in [0.29, 0.717) is 0 Å². The first kappa shape index (κ1) is 15.1. The molecule has 0 bridgehead atoms. The molecule has 0 unspecified atom stereocenters. The third-order valence-corrected chi connectivity index (χ3v) is 4.26. The second-order valence-corrected chi connectivity index (χ2v) is 5.76. The van der Waals surface area contributed by atoms with Gasteiger partial charge in [0.2, 0.25) is 0 Å². The predicted molar refractivity (Wildman–Crippen MR) is 87.2 cm³/mol. The highest BCUT2D eigenvalue weighted by molar-refractivity contribution is 5.84. The number of carboxylic acids is 1. The van der Waals surface area contributed by atoms with E-state index in [1.807, 2.05) is 54.6 Å². The minimum absolute atomic E-state index is 0.0391. The molecule has 1 fully saturated rings. The number of amides is 1. The maximum atomic E-state index is 11.3. The Morgan fingerprint density at radius 3 is 2.48 bits per heavy atom. The lowest BCUT2D eigenvalue weighted by molar-refractivity contribution is -0.141. The Morgan fingerprint density at radius 2 is 1.78 bits per heavy atom. The summed E-state index contributed by atoms with van der Waals surface area (Å²) in [5, 5.41) is 20.6. The van der Waals surface area contributed by atoms with Gasteiger partial charge in [-0.2, -0.15) is 0 Å². The molecule has 2 aromatic carbocycles. The van der Waals surface area contributed by atoms with Crippen LogP contribution in [-0.4, -0.2) is 40.3 Å². The highest BCUT2D eigenvalue weighted by Gasteiger charge is 2.38. The van der Waals surface area contributed by atoms with Crippen molar-refractivity contribution < 1.29 is 19.8 Å². The van der Waals surface area contributed by atoms with Gasteiger partial charge in [-0.05, 0) is 22.4 Å². The highest BCUT2D eigenvalue weighted by atomic mass is 16.4. The summed E-state index contributed by atoms with van der Waals surface area (Å²) < 4.78 is 0. The van der Waals surface area contributed by atoms with Crippen molar-refractivity contribution in [2.24, 2.45) is 11.8 Å². The summed E-state index contributed by atoms with van der Waals surface area (Å²) in [6, 6.07) is 14.0. The zero-order valence-electron chi connectivity index (χ0n) is 12.4. The Kier molecular flexibility index (Phi) is 4.02. The fourth-order valence-electron chi connectivity index (χ4n) is 2.99. The van der Waals surface area contributed by atoms with E-state index >= 15 is 0 Å². The maximum absolute atomic E-state index is 11.3. The van der Waals surface area contributed by atoms with Crippen LogP contribution in [0.5, 0.6) is 0 Å². The first-order chi connectivity index (χ1) is 11.0. The van der Waals surface area contributed by atoms with Crippen molar-refractivity contribution >= 4 is 28.9 Å². The summed E-state index contributed by atoms with van der Waals surface area (Å²) in [4.78, 5) is 23.5. The Bertz CT molecular complexity index is 783. The Morgan fingerprint density at radius 1 is 1.04 bits per heavy atom. The summed E-state index contributed by atoms with van der Waals surface area (Å²) in [6.45, 7) is 0.258. The van der Waals surface area contributed by atoms with E-state index in [0.717, 1.165) is 21.2 Å². The molecule has 0 radical (unpaired) electrons. The molecule has 0 aromatic heterocycles. The van der Waals surface area contributed by atoms with Gasteiger partial charge in [0, 0.05) is 19.0 Å². The van der Waals surface area contributed by atoms with Crippen LogP contribution in [0.2, 0.25) is 0 Å². The topological polar surface area (TPSA) is 77.8 Å². The van der Waals surface area contributed by atoms with E-state index < -0.39 is 18.0 Å². The third kappa shape index (κ3) is 3.18. The predicted octanol–water partition coefficient (Wildman–Crippen LogP) is 3.16. The van der Waals surface area contributed by atoms with Gasteiger partial charge in [-0.25, -0.2) is 4.79 Å². The van der Waals surface area contributed by atoms with Crippen LogP contribution in [0, 0.1) is 11.8 Å². The molecule has 5 heteroatoms. The second-order valence-electron chi connectivity index (χ2n) is 5.76. The van der Waals surface area contributed by atoms with Gasteiger partial charge in [0.05, 0.1) is 5.92 Å². The first-order valence-corrected chi connectivity index (χ1v) is 7.42. The molecule has 23 heavy (non-hydrogen) atoms. The van der Waals surface area contributed by atoms with Gasteiger partial charge < -0.3 is 15.1 Å². The number of hydrogen-bond donors (Lipinski definition) is 2. The summed E-state index contributed by atoms with van der Waals surface area (Å²) in [7, 11) is 0. The molecule has 5 nitrogen and oxygen atoms in total. The molecular formula is C18H17NO4. The fraction of sp³-hybridized carbons (Fsp3) is 0.222. The number of carbonyl (C=O) groups is 2. The largest absolute Gasteiger partial charge is 0.481 e. The van der Waals surface area contributed by atoms with E-state index in [-0.39, 0.29) is 19.0 Å². The monoisotopic (exact) mass is 311 g/mol. The minimum Gasteiger partial charge on any atom is -0.481 e. The van der Waals surface area contributed by atoms with E-state index in [1.54, 1.807) is 0 Å². The average Bonchev–Trinajstić information content (AvgIpc) is 2.97. The van der Waals surface area contributed by atoms with Crippen molar-refractivity contribution in [2.45, 2.75) is 0 Å². The van der Waals surface area contributed by atoms with Crippen molar-refractivity contribution in [3.05, 3.63) is 54.1 Å². The molecule has 118 valence electrons. The normalized spacial score (nSPS) is 21.1. The Labute approximate surface area is 133 Å². The maximum Gasteiger partial charge on any atom is 0.407 e. The van der Waals surface area contributed by atoms with Crippen LogP contribution in [0.3, 0.4) is 0 Å². The minimum atomic E-state index is -1.07. The first-order valence-electron chi connectivity index (χ1n) is 7.42. The lowest BCUT2D eigenvalue weighted by Crippen LogP contribution is -2.28. The standard InChI is InChI=1S/C18H17NO4/c20-17(21)16-11-19(18(22)23)10-15(16)8-6-12-5-7-13-3-1-2-4-14(13)9-12/h1-9,15-16H,10-11H2,(H,20,21)(H,22,23)/t15-,16-/m0/s1. The summed E-state index contributed by atoms with van der Waals surface area (Å²) in [5.41, 5.74) is 0.974. The molecule has 1 amide bonds. The highest BCUT2D eigenvalue weighted by Crippen LogP contribution is 2.26. The number of benzene rings is 2. The van der Waals surface area contributed by atoms with Crippen molar-refractivity contribution in [1.82, 2.24) is 4.90 Å². The van der Waals surface area contributed by atoms with E-state index in [1.165, 1.54) is 0 Å². The van der Waals surface area contributed by atoms with Crippen LogP contribution in [0.1, 0.15) is 5.56 Å². The molecule has 2 N–H and O–H groups in total. The van der Waals surface area contributed by atoms with Gasteiger partial charge >= 0.3 is 12.1 Å². The van der Waals surface area contributed by atoms with Gasteiger partial charge in [-0.3, -0.25) is 4.79 Å². The number of nitrogens with zero attached hydrogens (tertiary/aromatic N) is 1. The molecule has 2 aromatic rings. The molecule has 3 rings (SSSR count). The van der Waals surface area contributed by atoms with Crippen LogP contribution in [0.15, 0.2) is 48.5 Å². The number of fused-ring (bicyclic) bond motifs is 1. The van der Waals surface area contributed by atoms with Gasteiger partial charge in [0.15, 0.2) is 0 Å². The van der Waals surface area contributed by atoms with Crippen LogP contribution in [-0.2, 0) is 4.79 Å². The van der Waals surface area contributed by atoms with Crippen molar-refractivity contribution in [1.29, 1.82) is 0 Å². The van der Waals surface area contributed by atoms with Crippen molar-refractivity contribution in [3.63, 3.8) is 0 Å². The molecule has 0 aliphatic carbocycles. The van der Waals surface area contributed by atoms with Crippen molar-refractivity contribution in [3.8, 4) is 0 Å². The van der Waals surface area contributed by atoms with Crippen LogP contribution in [0.4, 0.5) is 4.79 Å². The number of carboxylic acid groups (broad SMARTS) is 2. The van der Waals surface area contributed by atoms with Gasteiger partial charge in [-0.15, -0.1) is 0 Å². The lowest BCUT2D eigenvalue weighted by Gasteiger charge is -2.09. The van der Waals surface area contributed by atoms with Crippen LogP contribution >= 0.6 is 0 Å². The Hall–Kier alpha value is -2.82. The summed E-state index contributed by atoms with van der Waals surface area (Å²) in [6.07, 6.45) is 2.61. The van der Waals surface area contributed by atoms with Gasteiger partial charge in [0.25, 0.3) is 0 Å². The van der Waals surface area contributed by atoms with Crippen LogP contribution < -0.4 is 0 Å². The fourth-order valence-corrected chi connectivity index (χ4v) is 2.99. The summed E-state index contributed by atoms with van der Waals surface area (Å²) >= 11 is 0. The SMILES string of the molecule is O=C(O)[C@H]1CN(C(=O)O)C[C@@H]1C=Cc1ccc2ccccc2c1. The van der Waals surface area contributed by atoms with Gasteiger partial charge in [-0.1, -0.05) is 48.6 Å². The van der Waals surface area contributed by atoms with Gasteiger partial charge in [0.1, 0.15) is 0 Å². The zero-order valence-corrected chi connectivity index (χ0v) is 12.4. The number of aliphatic carboxylic acids is 1. The molecule has 0 saturated carbocycles. The van der Waals surface area contributed by atoms with Crippen LogP contribution in [0.25, 0.3) is 16.8 Å². The van der Waals surface area contributed by atoms with E-state index in [9.17, 15) is 14.7 Å². The Balaban J connectivity index is 1.81. The second kappa shape index (κ2) is 6.12. The lowest BCUT2D eigenvalue weighted by atomic mass is 9.95. The molecule has 0 spiro atoms. The number of hydrogen-bond acceptors (Lipinski definition) is 2. The van der Waals surface area contributed by atoms with E-state index in [2.05, 4.69) is 0 Å². The average molecular weight is 311 g/mol. The molecule has 1 aliphatic heterocycles. The summed E-state index contributed by atoms with van der Waals surface area (Å²) in [5.74, 6) is -1.96. The quantitative estimate of drug-likeness (QED) is 0.912. The molecule has 1 heterocycles.